The summed E-state index contributed by atoms with van der Waals surface area (Å²) in [5.41, 5.74) is 2.26. The van der Waals surface area contributed by atoms with Crippen LogP contribution in [-0.2, 0) is 24.6 Å². The van der Waals surface area contributed by atoms with Crippen molar-refractivity contribution in [2.45, 2.75) is 24.2 Å². The molecule has 7 nitrogen and oxygen atoms in total. The van der Waals surface area contributed by atoms with Crippen LogP contribution in [0.4, 0.5) is 5.69 Å². The Morgan fingerprint density at radius 3 is 2.22 bits per heavy atom. The van der Waals surface area contributed by atoms with Gasteiger partial charge in [-0.1, -0.05) is 90.0 Å². The van der Waals surface area contributed by atoms with Crippen LogP contribution in [0.2, 0.25) is 5.02 Å². The summed E-state index contributed by atoms with van der Waals surface area (Å²) in [5.74, 6) is -4.25. The van der Waals surface area contributed by atoms with E-state index in [1.807, 2.05) is 66.7 Å². The number of phenolic OH excluding ortho intramolecular Hbond substituents is 1. The minimum Gasteiger partial charge on any atom is -0.504 e. The number of hydrogen-bond acceptors (Lipinski definition) is 6. The molecule has 3 aliphatic carbocycles. The molecule has 8 heteroatoms. The number of aromatic hydroxyl groups is 1. The van der Waals surface area contributed by atoms with Crippen molar-refractivity contribution in [2.24, 2.45) is 23.7 Å². The number of Topliss-reactive ketones (excluding diaryl/α,β-unsaturated/α-hetero) is 1. The average Bonchev–Trinajstić information content (AvgIpc) is 3.39. The average molecular weight is 670 g/mol. The summed E-state index contributed by atoms with van der Waals surface area (Å²) in [6.45, 7) is 0. The topological polar surface area (TPSA) is 101 Å². The molecule has 6 unspecified atom stereocenters. The van der Waals surface area contributed by atoms with Gasteiger partial charge >= 0.3 is 0 Å². The smallest absolute Gasteiger partial charge is 0.238 e. The molecule has 4 aliphatic rings. The molecule has 4 aromatic carbocycles. The molecular weight excluding hydrogens is 638 g/mol. The number of benzene rings is 4. The van der Waals surface area contributed by atoms with Crippen LogP contribution in [0.25, 0.3) is 5.57 Å². The first-order valence-electron chi connectivity index (χ1n) is 16.4. The quantitative estimate of drug-likeness (QED) is 0.180. The largest absolute Gasteiger partial charge is 0.504 e. The van der Waals surface area contributed by atoms with E-state index in [2.05, 4.69) is 0 Å². The van der Waals surface area contributed by atoms with Crippen molar-refractivity contribution in [3.05, 3.63) is 143 Å². The van der Waals surface area contributed by atoms with Crippen molar-refractivity contribution < 1.29 is 29.0 Å². The first-order valence-corrected chi connectivity index (χ1v) is 16.7. The second kappa shape index (κ2) is 11.7. The molecule has 1 N–H and O–H groups in total. The van der Waals surface area contributed by atoms with Gasteiger partial charge in [-0.2, -0.15) is 0 Å². The van der Waals surface area contributed by atoms with Gasteiger partial charge in [-0.05, 0) is 77.9 Å². The Kier molecular flexibility index (Phi) is 7.41. The number of phenols is 1. The number of ether oxygens (including phenoxy) is 1. The zero-order valence-electron chi connectivity index (χ0n) is 26.6. The van der Waals surface area contributed by atoms with E-state index in [1.165, 1.54) is 24.2 Å². The molecule has 1 saturated carbocycles. The summed E-state index contributed by atoms with van der Waals surface area (Å²) in [6.07, 6.45) is 4.02. The number of carbonyl (C=O) groups excluding carboxylic acids is 4. The minimum atomic E-state index is -1.37. The molecule has 0 aromatic heterocycles. The number of rotatable bonds is 5. The summed E-state index contributed by atoms with van der Waals surface area (Å²) in [6, 6.07) is 30.2. The van der Waals surface area contributed by atoms with E-state index in [1.54, 1.807) is 36.4 Å². The number of halogens is 1. The van der Waals surface area contributed by atoms with Crippen LogP contribution >= 0.6 is 11.6 Å². The van der Waals surface area contributed by atoms with E-state index < -0.39 is 35.0 Å². The van der Waals surface area contributed by atoms with Gasteiger partial charge in [0.25, 0.3) is 0 Å². The van der Waals surface area contributed by atoms with E-state index in [4.69, 9.17) is 16.3 Å². The highest BCUT2D eigenvalue weighted by atomic mass is 35.5. The highest BCUT2D eigenvalue weighted by molar-refractivity contribution is 6.32. The summed E-state index contributed by atoms with van der Waals surface area (Å²) in [4.78, 5) is 59.8. The summed E-state index contributed by atoms with van der Waals surface area (Å²) in [5, 5.41) is 11.1. The van der Waals surface area contributed by atoms with Crippen LogP contribution in [0.5, 0.6) is 11.5 Å². The van der Waals surface area contributed by atoms with Crippen molar-refractivity contribution in [1.82, 2.24) is 0 Å². The summed E-state index contributed by atoms with van der Waals surface area (Å²) >= 11 is 6.13. The van der Waals surface area contributed by atoms with Crippen molar-refractivity contribution in [2.75, 3.05) is 12.0 Å². The van der Waals surface area contributed by atoms with Crippen molar-refractivity contribution in [3.8, 4) is 11.5 Å². The maximum Gasteiger partial charge on any atom is 0.238 e. The molecule has 49 heavy (non-hydrogen) atoms. The summed E-state index contributed by atoms with van der Waals surface area (Å²) < 4.78 is 5.53. The van der Waals surface area contributed by atoms with Crippen molar-refractivity contribution in [3.63, 3.8) is 0 Å². The number of anilines is 1. The number of hydrogen-bond donors (Lipinski definition) is 1. The number of fused-ring (bicyclic) bond motifs is 4. The molecule has 1 aliphatic heterocycles. The second-order valence-corrected chi connectivity index (χ2v) is 13.6. The van der Waals surface area contributed by atoms with Gasteiger partial charge in [0, 0.05) is 22.4 Å². The Labute approximate surface area is 288 Å². The van der Waals surface area contributed by atoms with Gasteiger partial charge in [0.15, 0.2) is 23.1 Å². The predicted molar refractivity (Wildman–Crippen MR) is 185 cm³/mol. The number of allylic oxidation sites excluding steroid dienone is 4. The third kappa shape index (κ3) is 4.56. The molecule has 0 radical (unpaired) electrons. The highest BCUT2D eigenvalue weighted by Gasteiger charge is 2.66. The number of nitrogens with zero attached hydrogens (tertiary/aromatic N) is 1. The highest BCUT2D eigenvalue weighted by Crippen LogP contribution is 2.64. The Bertz CT molecular complexity index is 2090. The van der Waals surface area contributed by atoms with Gasteiger partial charge in [0.05, 0.1) is 30.0 Å². The van der Waals surface area contributed by atoms with Gasteiger partial charge in [0.2, 0.25) is 11.8 Å². The summed E-state index contributed by atoms with van der Waals surface area (Å²) in [7, 11) is 1.46. The number of imide groups is 1. The fourth-order valence-corrected chi connectivity index (χ4v) is 9.09. The molecule has 1 heterocycles. The number of carbonyl (C=O) groups is 4. The lowest BCUT2D eigenvalue weighted by atomic mass is 9.44. The fraction of sp³-hybridized carbons (Fsp3) is 0.220. The number of amides is 2. The van der Waals surface area contributed by atoms with Crippen LogP contribution in [-0.4, -0.2) is 35.6 Å². The molecule has 0 bridgehead atoms. The maximum atomic E-state index is 15.1. The standard InChI is InChI=1S/C41H32ClNO6/c1-49-34-20-24(12-19-33(34)44)37-28-17-18-29-36(40(48)43(39(29)47)27-15-13-26(42)14-16-27)31(28)21-32-38(46)30(23-8-4-2-5-9-23)22-35(45)41(32,37)25-10-6-3-7-11-25/h2-17,19-20,22,29,31-32,36-37,44H,18,21H2,1H3. The van der Waals surface area contributed by atoms with E-state index in [9.17, 15) is 19.5 Å². The molecule has 2 fully saturated rings. The van der Waals surface area contributed by atoms with Crippen LogP contribution < -0.4 is 9.64 Å². The van der Waals surface area contributed by atoms with Crippen molar-refractivity contribution >= 4 is 46.2 Å². The third-order valence-electron chi connectivity index (χ3n) is 11.0. The molecule has 6 atom stereocenters. The molecule has 1 saturated heterocycles. The van der Waals surface area contributed by atoms with E-state index in [0.717, 1.165) is 5.57 Å². The molecular formula is C41H32ClNO6. The Hall–Kier alpha value is -5.27. The molecule has 244 valence electrons. The predicted octanol–water partition coefficient (Wildman–Crippen LogP) is 7.08. The minimum absolute atomic E-state index is 0.0610. The normalized spacial score (nSPS) is 27.6. The molecule has 4 aromatic rings. The second-order valence-electron chi connectivity index (χ2n) is 13.2. The first kappa shape index (κ1) is 31.0. The third-order valence-corrected chi connectivity index (χ3v) is 11.2. The van der Waals surface area contributed by atoms with Gasteiger partial charge in [-0.3, -0.25) is 24.1 Å². The fourth-order valence-electron chi connectivity index (χ4n) is 8.97. The van der Waals surface area contributed by atoms with E-state index in [0.29, 0.717) is 39.4 Å². The maximum absolute atomic E-state index is 15.1. The first-order chi connectivity index (χ1) is 23.7. The monoisotopic (exact) mass is 669 g/mol. The lowest BCUT2D eigenvalue weighted by Gasteiger charge is -2.55. The molecule has 0 spiro atoms. The van der Waals surface area contributed by atoms with E-state index in [-0.39, 0.29) is 41.3 Å². The van der Waals surface area contributed by atoms with Crippen LogP contribution in [0.1, 0.15) is 35.4 Å². The molecule has 2 amide bonds. The van der Waals surface area contributed by atoms with Gasteiger partial charge < -0.3 is 9.84 Å². The SMILES string of the molecule is COc1cc(C2C3=CCC4C(=O)N(c5ccc(Cl)cc5)C(=O)C4C3CC3C(=O)C(c4ccccc4)=CC(=O)C32c2ccccc2)ccc1O. The zero-order valence-corrected chi connectivity index (χ0v) is 27.3. The van der Waals surface area contributed by atoms with Crippen molar-refractivity contribution in [1.29, 1.82) is 0 Å². The van der Waals surface area contributed by atoms with E-state index >= 15 is 4.79 Å². The van der Waals surface area contributed by atoms with Crippen LogP contribution in [0, 0.1) is 23.7 Å². The van der Waals surface area contributed by atoms with Crippen LogP contribution in [0.15, 0.2) is 121 Å². The van der Waals surface area contributed by atoms with Crippen LogP contribution in [0.3, 0.4) is 0 Å². The molecule has 8 rings (SSSR count). The van der Waals surface area contributed by atoms with Gasteiger partial charge in [-0.25, -0.2) is 0 Å². The lowest BCUT2D eigenvalue weighted by molar-refractivity contribution is -0.135. The Morgan fingerprint density at radius 2 is 1.53 bits per heavy atom. The lowest BCUT2D eigenvalue weighted by Crippen LogP contribution is -2.58. The Morgan fingerprint density at radius 1 is 0.837 bits per heavy atom. The zero-order chi connectivity index (χ0) is 34.0. The Balaban J connectivity index is 1.36. The van der Waals surface area contributed by atoms with Gasteiger partial charge in [0.1, 0.15) is 0 Å². The number of methoxy groups -OCH3 is 1. The number of ketones is 2. The van der Waals surface area contributed by atoms with Gasteiger partial charge in [-0.15, -0.1) is 0 Å².